The van der Waals surface area contributed by atoms with Crippen LogP contribution in [-0.4, -0.2) is 19.2 Å². The highest BCUT2D eigenvalue weighted by Crippen LogP contribution is 2.44. The molecule has 0 bridgehead atoms. The number of alkyl carbamates (subject to hydrolysis) is 1. The zero-order valence-corrected chi connectivity index (χ0v) is 15.5. The quantitative estimate of drug-likeness (QED) is 0.633. The van der Waals surface area contributed by atoms with Crippen LogP contribution in [-0.2, 0) is 4.74 Å². The Kier molecular flexibility index (Phi) is 5.11. The molecule has 3 N–H and O–H groups in total. The van der Waals surface area contributed by atoms with Gasteiger partial charge in [0.05, 0.1) is 0 Å². The van der Waals surface area contributed by atoms with E-state index in [0.29, 0.717) is 13.2 Å². The van der Waals surface area contributed by atoms with E-state index in [0.717, 1.165) is 11.3 Å². The van der Waals surface area contributed by atoms with Gasteiger partial charge in [-0.2, -0.15) is 0 Å². The summed E-state index contributed by atoms with van der Waals surface area (Å²) in [5.74, 6) is 0.0727. The van der Waals surface area contributed by atoms with Gasteiger partial charge in [-0.25, -0.2) is 4.79 Å². The fourth-order valence-corrected chi connectivity index (χ4v) is 3.59. The molecular weight excluding hydrogens is 348 g/mol. The van der Waals surface area contributed by atoms with E-state index in [1.54, 1.807) is 0 Å². The largest absolute Gasteiger partial charge is 0.449 e. The molecule has 1 aliphatic rings. The first kappa shape index (κ1) is 17.9. The topological polar surface area (TPSA) is 64.3 Å². The Morgan fingerprint density at radius 2 is 1.54 bits per heavy atom. The highest BCUT2D eigenvalue weighted by atomic mass is 16.5. The number of hydrogen-bond acceptors (Lipinski definition) is 3. The minimum absolute atomic E-state index is 0.0727. The van der Waals surface area contributed by atoms with Crippen molar-refractivity contribution in [2.45, 2.75) is 5.92 Å². The Bertz CT molecular complexity index is 964. The smallest absolute Gasteiger partial charge is 0.407 e. The molecule has 0 heterocycles. The number of nitrogen functional groups attached to an aromatic ring is 1. The maximum Gasteiger partial charge on any atom is 0.407 e. The van der Waals surface area contributed by atoms with Gasteiger partial charge in [0, 0.05) is 18.2 Å². The predicted octanol–water partition coefficient (Wildman–Crippen LogP) is 4.82. The number of carbonyl (C=O) groups is 1. The Balaban J connectivity index is 1.33. The van der Waals surface area contributed by atoms with Gasteiger partial charge in [-0.15, -0.1) is 0 Å². The number of ether oxygens (including phenoxy) is 1. The van der Waals surface area contributed by atoms with E-state index in [2.05, 4.69) is 29.6 Å². The van der Waals surface area contributed by atoms with Crippen LogP contribution >= 0.6 is 0 Å². The molecule has 0 spiro atoms. The van der Waals surface area contributed by atoms with Crippen molar-refractivity contribution in [3.8, 4) is 11.1 Å². The van der Waals surface area contributed by atoms with E-state index in [-0.39, 0.29) is 5.92 Å². The number of anilines is 1. The van der Waals surface area contributed by atoms with E-state index in [1.165, 1.54) is 22.3 Å². The van der Waals surface area contributed by atoms with Crippen molar-refractivity contribution in [2.75, 3.05) is 18.9 Å². The van der Waals surface area contributed by atoms with Crippen molar-refractivity contribution in [1.82, 2.24) is 5.32 Å². The summed E-state index contributed by atoms with van der Waals surface area (Å²) in [7, 11) is 0. The first-order valence-electron chi connectivity index (χ1n) is 9.33. The molecule has 0 atom stereocenters. The van der Waals surface area contributed by atoms with E-state index < -0.39 is 6.09 Å². The molecule has 140 valence electrons. The molecule has 1 aliphatic carbocycles. The van der Waals surface area contributed by atoms with Crippen LogP contribution in [0.1, 0.15) is 22.6 Å². The second-order valence-corrected chi connectivity index (χ2v) is 6.78. The van der Waals surface area contributed by atoms with Crippen molar-refractivity contribution in [3.63, 3.8) is 0 Å². The summed E-state index contributed by atoms with van der Waals surface area (Å²) in [5, 5.41) is 2.76. The van der Waals surface area contributed by atoms with Crippen molar-refractivity contribution in [1.29, 1.82) is 0 Å². The average Bonchev–Trinajstić information content (AvgIpc) is 3.05. The van der Waals surface area contributed by atoms with E-state index in [1.807, 2.05) is 60.7 Å². The molecule has 28 heavy (non-hydrogen) atoms. The molecule has 4 rings (SSSR count). The third-order valence-corrected chi connectivity index (χ3v) is 4.95. The van der Waals surface area contributed by atoms with Gasteiger partial charge in [0.15, 0.2) is 0 Å². The van der Waals surface area contributed by atoms with Crippen LogP contribution < -0.4 is 11.1 Å². The monoisotopic (exact) mass is 370 g/mol. The highest BCUT2D eigenvalue weighted by Gasteiger charge is 2.28. The van der Waals surface area contributed by atoms with Crippen molar-refractivity contribution >= 4 is 17.9 Å². The summed E-state index contributed by atoms with van der Waals surface area (Å²) < 4.78 is 5.51. The second-order valence-electron chi connectivity index (χ2n) is 6.78. The molecule has 1 amide bonds. The number of rotatable bonds is 5. The maximum atomic E-state index is 12.1. The number of nitrogens with two attached hydrogens (primary N) is 1. The summed E-state index contributed by atoms with van der Waals surface area (Å²) in [5.41, 5.74) is 12.3. The molecule has 4 nitrogen and oxygen atoms in total. The number of nitrogens with one attached hydrogen (secondary N) is 1. The number of amides is 1. The first-order valence-corrected chi connectivity index (χ1v) is 9.33. The standard InChI is InChI=1S/C24H22N2O2/c25-18-13-11-17(12-14-18)6-5-15-26-24(27)28-16-23-21-9-3-1-7-19(21)20-8-2-4-10-22(20)23/h1-14,23H,15-16,25H2,(H,26,27). The zero-order chi connectivity index (χ0) is 19.3. The Morgan fingerprint density at radius 3 is 2.18 bits per heavy atom. The van der Waals surface area contributed by atoms with E-state index >= 15 is 0 Å². The number of fused-ring (bicyclic) bond motifs is 3. The van der Waals surface area contributed by atoms with Crippen LogP contribution in [0.3, 0.4) is 0 Å². The van der Waals surface area contributed by atoms with Crippen molar-refractivity contribution in [3.05, 3.63) is 95.6 Å². The molecule has 0 saturated heterocycles. The third kappa shape index (κ3) is 3.76. The lowest BCUT2D eigenvalue weighted by atomic mass is 9.98. The summed E-state index contributed by atoms with van der Waals surface area (Å²) in [6.07, 6.45) is 3.40. The molecule has 4 heteroatoms. The molecule has 0 saturated carbocycles. The van der Waals surface area contributed by atoms with Gasteiger partial charge in [-0.3, -0.25) is 0 Å². The van der Waals surface area contributed by atoms with Gasteiger partial charge >= 0.3 is 6.09 Å². The summed E-state index contributed by atoms with van der Waals surface area (Å²) >= 11 is 0. The van der Waals surface area contributed by atoms with Crippen LogP contribution in [0.25, 0.3) is 17.2 Å². The van der Waals surface area contributed by atoms with Crippen molar-refractivity contribution < 1.29 is 9.53 Å². The Morgan fingerprint density at radius 1 is 0.929 bits per heavy atom. The van der Waals surface area contributed by atoms with Crippen LogP contribution in [0, 0.1) is 0 Å². The summed E-state index contributed by atoms with van der Waals surface area (Å²) in [6.45, 7) is 0.725. The Hall–Kier alpha value is -3.53. The first-order chi connectivity index (χ1) is 13.7. The van der Waals surface area contributed by atoms with Crippen LogP contribution in [0.15, 0.2) is 78.9 Å². The molecule has 0 aliphatic heterocycles. The van der Waals surface area contributed by atoms with Gasteiger partial charge in [0.2, 0.25) is 0 Å². The molecule has 3 aromatic rings. The lowest BCUT2D eigenvalue weighted by Gasteiger charge is -2.14. The lowest BCUT2D eigenvalue weighted by Crippen LogP contribution is -2.26. The average molecular weight is 370 g/mol. The molecule has 0 aromatic heterocycles. The molecule has 3 aromatic carbocycles. The van der Waals surface area contributed by atoms with E-state index in [9.17, 15) is 4.79 Å². The van der Waals surface area contributed by atoms with E-state index in [4.69, 9.17) is 10.5 Å². The van der Waals surface area contributed by atoms with Gasteiger partial charge < -0.3 is 15.8 Å². The normalized spacial score (nSPS) is 12.6. The summed E-state index contributed by atoms with van der Waals surface area (Å²) in [4.78, 5) is 12.1. The molecule has 0 unspecified atom stereocenters. The molecule has 0 radical (unpaired) electrons. The third-order valence-electron chi connectivity index (χ3n) is 4.95. The van der Waals surface area contributed by atoms with Gasteiger partial charge in [0.1, 0.15) is 6.61 Å². The fourth-order valence-electron chi connectivity index (χ4n) is 3.59. The van der Waals surface area contributed by atoms with Gasteiger partial charge in [0.25, 0.3) is 0 Å². The fraction of sp³-hybridized carbons (Fsp3) is 0.125. The second kappa shape index (κ2) is 8.01. The highest BCUT2D eigenvalue weighted by molar-refractivity contribution is 5.79. The zero-order valence-electron chi connectivity index (χ0n) is 15.5. The molecular formula is C24H22N2O2. The number of carbonyl (C=O) groups excluding carboxylic acids is 1. The van der Waals surface area contributed by atoms with Gasteiger partial charge in [-0.1, -0.05) is 72.8 Å². The minimum Gasteiger partial charge on any atom is -0.449 e. The Labute approximate surface area is 164 Å². The lowest BCUT2D eigenvalue weighted by molar-refractivity contribution is 0.144. The molecule has 0 fully saturated rings. The maximum absolute atomic E-state index is 12.1. The SMILES string of the molecule is Nc1ccc(C=CCNC(=O)OCC2c3ccccc3-c3ccccc32)cc1. The van der Waals surface area contributed by atoms with Crippen LogP contribution in [0.2, 0.25) is 0 Å². The minimum atomic E-state index is -0.413. The predicted molar refractivity (Wildman–Crippen MR) is 113 cm³/mol. The van der Waals surface area contributed by atoms with Gasteiger partial charge in [-0.05, 0) is 39.9 Å². The number of hydrogen-bond donors (Lipinski definition) is 2. The number of benzene rings is 3. The van der Waals surface area contributed by atoms with Crippen LogP contribution in [0.4, 0.5) is 10.5 Å². The summed E-state index contributed by atoms with van der Waals surface area (Å²) in [6, 6.07) is 24.1. The van der Waals surface area contributed by atoms with Crippen LogP contribution in [0.5, 0.6) is 0 Å². The van der Waals surface area contributed by atoms with Crippen molar-refractivity contribution in [2.24, 2.45) is 0 Å².